The average molecular weight is 1150 g/mol. The van der Waals surface area contributed by atoms with E-state index in [0.29, 0.717) is 19.3 Å². The third-order valence-electron chi connectivity index (χ3n) is 16.2. The van der Waals surface area contributed by atoms with E-state index in [-0.39, 0.29) is 31.1 Å². The maximum atomic E-state index is 13.0. The molecule has 6 heteroatoms. The lowest BCUT2D eigenvalue weighted by Gasteiger charge is -2.18. The monoisotopic (exact) mass is 1150 g/mol. The number of hydrogen-bond donors (Lipinski definition) is 0. The standard InChI is InChI=1S/C76H138O6/c1-4-7-10-13-16-19-22-25-28-30-32-34-35-36-37-38-39-40-41-43-44-46-48-51-54-57-60-63-66-69-75(78)81-72-73(71-80-74(77)68-65-62-59-56-53-50-27-24-21-18-15-12-9-6-3)82-76(79)70-67-64-61-58-55-52-49-47-45-42-33-31-29-26-23-20-17-14-11-8-5-2/h22-23,25-26,30-33,45,47,73H,4-21,24,27-29,34-44,46,48-72H2,1-3H3/b25-22-,26-23-,32-30-,33-31-,47-45-. The number of carbonyl (C=O) groups is 3. The van der Waals surface area contributed by atoms with Crippen LogP contribution in [0.5, 0.6) is 0 Å². The van der Waals surface area contributed by atoms with Gasteiger partial charge in [0.1, 0.15) is 13.2 Å². The molecule has 478 valence electrons. The summed E-state index contributed by atoms with van der Waals surface area (Å²) in [5.41, 5.74) is 0. The number of allylic oxidation sites excluding steroid dienone is 10. The summed E-state index contributed by atoms with van der Waals surface area (Å²) in [6.07, 6.45) is 91.1. The summed E-state index contributed by atoms with van der Waals surface area (Å²) in [6, 6.07) is 0. The van der Waals surface area contributed by atoms with Crippen LogP contribution in [-0.4, -0.2) is 37.2 Å². The molecule has 0 aliphatic heterocycles. The van der Waals surface area contributed by atoms with Crippen LogP contribution in [0.4, 0.5) is 0 Å². The molecule has 0 saturated carbocycles. The highest BCUT2D eigenvalue weighted by atomic mass is 16.6. The van der Waals surface area contributed by atoms with Crippen LogP contribution in [0.1, 0.15) is 387 Å². The topological polar surface area (TPSA) is 78.9 Å². The van der Waals surface area contributed by atoms with Crippen molar-refractivity contribution in [3.63, 3.8) is 0 Å². The first-order valence-corrected chi connectivity index (χ1v) is 36.3. The molecule has 0 radical (unpaired) electrons. The zero-order valence-corrected chi connectivity index (χ0v) is 55.0. The van der Waals surface area contributed by atoms with E-state index >= 15 is 0 Å². The Hall–Kier alpha value is -2.89. The van der Waals surface area contributed by atoms with Crippen molar-refractivity contribution < 1.29 is 28.6 Å². The van der Waals surface area contributed by atoms with Gasteiger partial charge < -0.3 is 14.2 Å². The van der Waals surface area contributed by atoms with Crippen LogP contribution in [0.25, 0.3) is 0 Å². The Kier molecular flexibility index (Phi) is 68.1. The van der Waals surface area contributed by atoms with Gasteiger partial charge in [-0.3, -0.25) is 14.4 Å². The summed E-state index contributed by atoms with van der Waals surface area (Å²) in [5, 5.41) is 0. The van der Waals surface area contributed by atoms with Gasteiger partial charge in [0.2, 0.25) is 0 Å². The predicted molar refractivity (Wildman–Crippen MR) is 358 cm³/mol. The van der Waals surface area contributed by atoms with E-state index in [2.05, 4.69) is 81.5 Å². The highest BCUT2D eigenvalue weighted by molar-refractivity contribution is 5.71. The molecule has 0 aliphatic rings. The lowest BCUT2D eigenvalue weighted by Crippen LogP contribution is -2.30. The zero-order valence-electron chi connectivity index (χ0n) is 55.0. The van der Waals surface area contributed by atoms with Gasteiger partial charge in [-0.1, -0.05) is 338 Å². The molecule has 1 atom stereocenters. The van der Waals surface area contributed by atoms with Crippen LogP contribution in [0, 0.1) is 0 Å². The molecule has 0 aromatic carbocycles. The molecular weight excluding hydrogens is 1010 g/mol. The molecule has 0 aromatic heterocycles. The van der Waals surface area contributed by atoms with Crippen LogP contribution < -0.4 is 0 Å². The molecule has 0 aliphatic carbocycles. The molecular formula is C76H138O6. The Morgan fingerprint density at radius 3 is 0.683 bits per heavy atom. The van der Waals surface area contributed by atoms with E-state index in [1.165, 1.54) is 263 Å². The fraction of sp³-hybridized carbons (Fsp3) is 0.829. The average Bonchev–Trinajstić information content (AvgIpc) is 3.47. The van der Waals surface area contributed by atoms with Crippen molar-refractivity contribution in [3.8, 4) is 0 Å². The summed E-state index contributed by atoms with van der Waals surface area (Å²) in [4.78, 5) is 38.5. The maximum absolute atomic E-state index is 13.0. The molecule has 0 heterocycles. The Morgan fingerprint density at radius 1 is 0.244 bits per heavy atom. The zero-order chi connectivity index (χ0) is 59.2. The van der Waals surface area contributed by atoms with Crippen molar-refractivity contribution in [1.82, 2.24) is 0 Å². The van der Waals surface area contributed by atoms with E-state index in [9.17, 15) is 14.4 Å². The van der Waals surface area contributed by atoms with Gasteiger partial charge in [-0.25, -0.2) is 0 Å². The molecule has 0 spiro atoms. The minimum atomic E-state index is -0.780. The number of carbonyl (C=O) groups excluding carboxylic acids is 3. The molecule has 0 saturated heterocycles. The molecule has 0 bridgehead atoms. The SMILES string of the molecule is CCCCCCC/C=C\C/C=C\C/C=C\CCCCCCCCC(=O)OC(COC(=O)CCCCCCCCCCCCCCCC)COC(=O)CCCCCCCCCCCCCCCCCCC/C=C\C/C=C\CCCCCCC. The van der Waals surface area contributed by atoms with Crippen molar-refractivity contribution in [2.24, 2.45) is 0 Å². The second kappa shape index (κ2) is 70.6. The Labute approximate surface area is 510 Å². The fourth-order valence-corrected chi connectivity index (χ4v) is 10.8. The number of esters is 3. The van der Waals surface area contributed by atoms with Gasteiger partial charge in [0.05, 0.1) is 0 Å². The Bertz CT molecular complexity index is 1460. The van der Waals surface area contributed by atoms with Gasteiger partial charge in [-0.2, -0.15) is 0 Å². The van der Waals surface area contributed by atoms with Gasteiger partial charge in [0.15, 0.2) is 6.10 Å². The maximum Gasteiger partial charge on any atom is 0.306 e. The molecule has 0 aromatic rings. The minimum absolute atomic E-state index is 0.0747. The van der Waals surface area contributed by atoms with E-state index in [1.54, 1.807) is 0 Å². The number of unbranched alkanes of at least 4 members (excludes halogenated alkanes) is 46. The minimum Gasteiger partial charge on any atom is -0.462 e. The van der Waals surface area contributed by atoms with E-state index < -0.39 is 6.10 Å². The fourth-order valence-electron chi connectivity index (χ4n) is 10.8. The number of rotatable bonds is 67. The van der Waals surface area contributed by atoms with E-state index in [4.69, 9.17) is 14.2 Å². The summed E-state index contributed by atoms with van der Waals surface area (Å²) in [6.45, 7) is 6.67. The van der Waals surface area contributed by atoms with Crippen LogP contribution in [-0.2, 0) is 28.6 Å². The molecule has 1 unspecified atom stereocenters. The highest BCUT2D eigenvalue weighted by Gasteiger charge is 2.19. The van der Waals surface area contributed by atoms with Gasteiger partial charge in [0, 0.05) is 19.3 Å². The Balaban J connectivity index is 4.25. The van der Waals surface area contributed by atoms with Crippen LogP contribution in [0.3, 0.4) is 0 Å². The third kappa shape index (κ3) is 67.9. The van der Waals surface area contributed by atoms with Crippen LogP contribution >= 0.6 is 0 Å². The lowest BCUT2D eigenvalue weighted by atomic mass is 10.0. The van der Waals surface area contributed by atoms with Crippen molar-refractivity contribution in [2.45, 2.75) is 393 Å². The summed E-state index contributed by atoms with van der Waals surface area (Å²) < 4.78 is 17.0. The molecule has 0 N–H and O–H groups in total. The molecule has 0 fully saturated rings. The lowest BCUT2D eigenvalue weighted by molar-refractivity contribution is -0.167. The van der Waals surface area contributed by atoms with Gasteiger partial charge in [0.25, 0.3) is 0 Å². The van der Waals surface area contributed by atoms with Crippen molar-refractivity contribution in [1.29, 1.82) is 0 Å². The largest absolute Gasteiger partial charge is 0.462 e. The normalized spacial score (nSPS) is 12.4. The van der Waals surface area contributed by atoms with Crippen molar-refractivity contribution in [2.75, 3.05) is 13.2 Å². The van der Waals surface area contributed by atoms with E-state index in [0.717, 1.165) is 83.5 Å². The predicted octanol–water partition coefficient (Wildman–Crippen LogP) is 25.1. The second-order valence-corrected chi connectivity index (χ2v) is 24.5. The Morgan fingerprint density at radius 2 is 0.439 bits per heavy atom. The van der Waals surface area contributed by atoms with Gasteiger partial charge >= 0.3 is 17.9 Å². The summed E-state index contributed by atoms with van der Waals surface area (Å²) >= 11 is 0. The quantitative estimate of drug-likeness (QED) is 0.0261. The first-order chi connectivity index (χ1) is 40.5. The summed E-state index contributed by atoms with van der Waals surface area (Å²) in [7, 11) is 0. The van der Waals surface area contributed by atoms with E-state index in [1.807, 2.05) is 0 Å². The molecule has 0 rings (SSSR count). The van der Waals surface area contributed by atoms with Crippen LogP contribution in [0.15, 0.2) is 60.8 Å². The van der Waals surface area contributed by atoms with Gasteiger partial charge in [-0.15, -0.1) is 0 Å². The highest BCUT2D eigenvalue weighted by Crippen LogP contribution is 2.18. The smallest absolute Gasteiger partial charge is 0.306 e. The third-order valence-corrected chi connectivity index (χ3v) is 16.2. The summed E-state index contributed by atoms with van der Waals surface area (Å²) in [5.74, 6) is -0.862. The molecule has 0 amide bonds. The molecule has 6 nitrogen and oxygen atoms in total. The number of ether oxygens (including phenoxy) is 3. The first-order valence-electron chi connectivity index (χ1n) is 36.3. The van der Waals surface area contributed by atoms with Crippen molar-refractivity contribution in [3.05, 3.63) is 60.8 Å². The second-order valence-electron chi connectivity index (χ2n) is 24.5. The van der Waals surface area contributed by atoms with Crippen molar-refractivity contribution >= 4 is 17.9 Å². The molecule has 82 heavy (non-hydrogen) atoms. The first kappa shape index (κ1) is 79.1. The van der Waals surface area contributed by atoms with Gasteiger partial charge in [-0.05, 0) is 89.9 Å². The van der Waals surface area contributed by atoms with Crippen LogP contribution in [0.2, 0.25) is 0 Å². The number of hydrogen-bond acceptors (Lipinski definition) is 6.